The van der Waals surface area contributed by atoms with Gasteiger partial charge in [-0.2, -0.15) is 9.97 Å². The molecule has 2 aromatic heterocycles. The first-order chi connectivity index (χ1) is 15.4. The van der Waals surface area contributed by atoms with E-state index in [0.717, 1.165) is 0 Å². The van der Waals surface area contributed by atoms with Crippen molar-refractivity contribution in [3.8, 4) is 12.0 Å². The Kier molecular flexibility index (Phi) is 5.37. The first-order valence-electron chi connectivity index (χ1n) is 9.40. The minimum absolute atomic E-state index is 0.0476. The highest BCUT2D eigenvalue weighted by Crippen LogP contribution is 2.27. The predicted octanol–water partition coefficient (Wildman–Crippen LogP) is 1.77. The molecular weight excluding hydrogens is 417 g/mol. The zero-order valence-electron chi connectivity index (χ0n) is 16.9. The van der Waals surface area contributed by atoms with Gasteiger partial charge in [-0.1, -0.05) is 18.2 Å². The third-order valence-electron chi connectivity index (χ3n) is 4.69. The average molecular weight is 435 g/mol. The van der Waals surface area contributed by atoms with Gasteiger partial charge >= 0.3 is 6.01 Å². The number of aromatic nitrogens is 4. The van der Waals surface area contributed by atoms with E-state index in [-0.39, 0.29) is 41.3 Å². The molecule has 162 valence electrons. The SMILES string of the molecule is COc1nc2c(C(N)=O)cccc2n1-c1ncc(C(N)=O)c(NCc2cccc(F)c2)n1. The standard InChI is InChI=1S/C21H18FN7O3/c1-32-21-27-16-13(17(23)30)6-3-7-15(16)29(21)20-26-10-14(18(24)31)19(28-20)25-9-11-4-2-5-12(22)8-11/h2-8,10H,9H2,1H3,(H2,23,30)(H2,24,31)(H,25,26,28). The summed E-state index contributed by atoms with van der Waals surface area (Å²) in [5.41, 5.74) is 12.6. The van der Waals surface area contributed by atoms with Crippen LogP contribution in [0.2, 0.25) is 0 Å². The van der Waals surface area contributed by atoms with Crippen molar-refractivity contribution in [3.63, 3.8) is 0 Å². The Hall–Kier alpha value is -4.54. The molecule has 10 nitrogen and oxygen atoms in total. The van der Waals surface area contributed by atoms with Crippen molar-refractivity contribution in [2.24, 2.45) is 11.5 Å². The number of hydrogen-bond acceptors (Lipinski definition) is 7. The molecule has 4 aromatic rings. The van der Waals surface area contributed by atoms with Crippen LogP contribution in [-0.2, 0) is 6.54 Å². The summed E-state index contributed by atoms with van der Waals surface area (Å²) in [6, 6.07) is 11.0. The maximum Gasteiger partial charge on any atom is 0.304 e. The molecule has 2 aromatic carbocycles. The number of nitrogens with two attached hydrogens (primary N) is 2. The van der Waals surface area contributed by atoms with Crippen LogP contribution in [0, 0.1) is 5.82 Å². The summed E-state index contributed by atoms with van der Waals surface area (Å²) >= 11 is 0. The van der Waals surface area contributed by atoms with Crippen LogP contribution in [0.1, 0.15) is 26.3 Å². The number of halogens is 1. The monoisotopic (exact) mass is 435 g/mol. The molecule has 0 aliphatic rings. The van der Waals surface area contributed by atoms with Gasteiger partial charge in [0.1, 0.15) is 17.2 Å². The summed E-state index contributed by atoms with van der Waals surface area (Å²) in [5.74, 6) is -1.52. The van der Waals surface area contributed by atoms with Crippen molar-refractivity contribution >= 4 is 28.7 Å². The molecule has 0 bridgehead atoms. The van der Waals surface area contributed by atoms with Crippen molar-refractivity contribution in [1.82, 2.24) is 19.5 Å². The van der Waals surface area contributed by atoms with Gasteiger partial charge in [-0.15, -0.1) is 0 Å². The molecule has 4 rings (SSSR count). The number of imidazole rings is 1. The number of carbonyl (C=O) groups is 2. The van der Waals surface area contributed by atoms with E-state index in [0.29, 0.717) is 16.6 Å². The van der Waals surface area contributed by atoms with Crippen molar-refractivity contribution in [2.75, 3.05) is 12.4 Å². The third-order valence-corrected chi connectivity index (χ3v) is 4.69. The number of ether oxygens (including phenoxy) is 1. The minimum Gasteiger partial charge on any atom is -0.468 e. The molecule has 0 unspecified atom stereocenters. The van der Waals surface area contributed by atoms with Crippen molar-refractivity contribution < 1.29 is 18.7 Å². The second-order valence-electron chi connectivity index (χ2n) is 6.75. The van der Waals surface area contributed by atoms with Crippen LogP contribution in [0.25, 0.3) is 17.0 Å². The Morgan fingerprint density at radius 3 is 2.53 bits per heavy atom. The second kappa shape index (κ2) is 8.30. The van der Waals surface area contributed by atoms with Crippen LogP contribution in [0.15, 0.2) is 48.7 Å². The third kappa shape index (κ3) is 3.78. The maximum atomic E-state index is 13.5. The Morgan fingerprint density at radius 1 is 1.09 bits per heavy atom. The summed E-state index contributed by atoms with van der Waals surface area (Å²) in [5, 5.41) is 2.99. The van der Waals surface area contributed by atoms with E-state index in [1.807, 2.05) is 0 Å². The van der Waals surface area contributed by atoms with E-state index >= 15 is 0 Å². The van der Waals surface area contributed by atoms with E-state index in [9.17, 15) is 14.0 Å². The van der Waals surface area contributed by atoms with Gasteiger partial charge in [0.05, 0.1) is 23.8 Å². The lowest BCUT2D eigenvalue weighted by Crippen LogP contribution is -2.18. The van der Waals surface area contributed by atoms with E-state index in [2.05, 4.69) is 20.3 Å². The largest absolute Gasteiger partial charge is 0.468 e. The number of nitrogens with one attached hydrogen (secondary N) is 1. The number of primary amides is 2. The number of methoxy groups -OCH3 is 1. The van der Waals surface area contributed by atoms with Gasteiger partial charge in [0, 0.05) is 12.7 Å². The van der Waals surface area contributed by atoms with Crippen LogP contribution < -0.4 is 21.5 Å². The summed E-state index contributed by atoms with van der Waals surface area (Å²) in [7, 11) is 1.41. The molecule has 0 radical (unpaired) electrons. The zero-order chi connectivity index (χ0) is 22.8. The summed E-state index contributed by atoms with van der Waals surface area (Å²) < 4.78 is 20.3. The minimum atomic E-state index is -0.739. The molecule has 11 heteroatoms. The second-order valence-corrected chi connectivity index (χ2v) is 6.75. The highest BCUT2D eigenvalue weighted by atomic mass is 19.1. The van der Waals surface area contributed by atoms with Crippen molar-refractivity contribution in [2.45, 2.75) is 6.54 Å². The van der Waals surface area contributed by atoms with Crippen molar-refractivity contribution in [3.05, 3.63) is 71.2 Å². The van der Waals surface area contributed by atoms with Crippen molar-refractivity contribution in [1.29, 1.82) is 0 Å². The Morgan fingerprint density at radius 2 is 1.84 bits per heavy atom. The Labute approximate surface area is 181 Å². The number of anilines is 1. The lowest BCUT2D eigenvalue weighted by Gasteiger charge is -2.12. The van der Waals surface area contributed by atoms with E-state index in [4.69, 9.17) is 16.2 Å². The quantitative estimate of drug-likeness (QED) is 0.400. The van der Waals surface area contributed by atoms with Gasteiger partial charge in [-0.25, -0.2) is 13.9 Å². The van der Waals surface area contributed by atoms with Gasteiger partial charge in [0.25, 0.3) is 11.8 Å². The Balaban J connectivity index is 1.82. The fourth-order valence-corrected chi connectivity index (χ4v) is 3.24. The fourth-order valence-electron chi connectivity index (χ4n) is 3.24. The van der Waals surface area contributed by atoms with Crippen LogP contribution in [-0.4, -0.2) is 38.4 Å². The Bertz CT molecular complexity index is 1350. The molecule has 0 spiro atoms. The van der Waals surface area contributed by atoms with Gasteiger partial charge in [0.2, 0.25) is 5.95 Å². The number of para-hydroxylation sites is 1. The number of amides is 2. The van der Waals surface area contributed by atoms with Crippen LogP contribution >= 0.6 is 0 Å². The molecule has 0 aliphatic heterocycles. The topological polar surface area (TPSA) is 151 Å². The van der Waals surface area contributed by atoms with Gasteiger partial charge in [0.15, 0.2) is 0 Å². The van der Waals surface area contributed by atoms with Crippen LogP contribution in [0.3, 0.4) is 0 Å². The normalized spacial score (nSPS) is 10.8. The average Bonchev–Trinajstić information content (AvgIpc) is 3.16. The zero-order valence-corrected chi connectivity index (χ0v) is 16.9. The highest BCUT2D eigenvalue weighted by Gasteiger charge is 2.21. The number of hydrogen-bond donors (Lipinski definition) is 3. The van der Waals surface area contributed by atoms with E-state index in [1.165, 1.54) is 30.0 Å². The first kappa shape index (κ1) is 20.7. The maximum absolute atomic E-state index is 13.5. The lowest BCUT2D eigenvalue weighted by atomic mass is 10.2. The molecule has 0 atom stereocenters. The van der Waals surface area contributed by atoms with Gasteiger partial charge in [-0.3, -0.25) is 9.59 Å². The van der Waals surface area contributed by atoms with E-state index < -0.39 is 11.8 Å². The molecule has 0 fully saturated rings. The van der Waals surface area contributed by atoms with Crippen LogP contribution in [0.4, 0.5) is 10.2 Å². The van der Waals surface area contributed by atoms with E-state index in [1.54, 1.807) is 30.3 Å². The highest BCUT2D eigenvalue weighted by molar-refractivity contribution is 6.04. The fraction of sp³-hybridized carbons (Fsp3) is 0.0952. The summed E-state index contributed by atoms with van der Waals surface area (Å²) in [4.78, 5) is 36.6. The van der Waals surface area contributed by atoms with Gasteiger partial charge in [-0.05, 0) is 29.8 Å². The molecule has 5 N–H and O–H groups in total. The lowest BCUT2D eigenvalue weighted by molar-refractivity contribution is 0.0992. The molecule has 0 saturated heterocycles. The molecule has 0 saturated carbocycles. The molecule has 2 amide bonds. The summed E-state index contributed by atoms with van der Waals surface area (Å²) in [6.45, 7) is 0.183. The number of rotatable bonds is 7. The number of carbonyl (C=O) groups excluding carboxylic acids is 2. The molecule has 32 heavy (non-hydrogen) atoms. The number of fused-ring (bicyclic) bond motifs is 1. The number of benzene rings is 2. The van der Waals surface area contributed by atoms with Crippen LogP contribution in [0.5, 0.6) is 6.01 Å². The molecular formula is C21H18FN7O3. The number of nitrogens with zero attached hydrogens (tertiary/aromatic N) is 4. The van der Waals surface area contributed by atoms with Gasteiger partial charge < -0.3 is 21.5 Å². The predicted molar refractivity (Wildman–Crippen MR) is 114 cm³/mol. The molecule has 2 heterocycles. The first-order valence-corrected chi connectivity index (χ1v) is 9.40. The summed E-state index contributed by atoms with van der Waals surface area (Å²) in [6.07, 6.45) is 1.27. The molecule has 0 aliphatic carbocycles. The smallest absolute Gasteiger partial charge is 0.304 e.